The number of para-hydroxylation sites is 1. The molecule has 0 radical (unpaired) electrons. The number of benzene rings is 1. The largest absolute Gasteiger partial charge is 0.394 e. The first kappa shape index (κ1) is 18.7. The van der Waals surface area contributed by atoms with Gasteiger partial charge in [-0.3, -0.25) is 4.57 Å². The van der Waals surface area contributed by atoms with Crippen molar-refractivity contribution in [2.75, 3.05) is 12.3 Å². The maximum atomic E-state index is 9.95. The number of rotatable bonds is 2. The van der Waals surface area contributed by atoms with Crippen LogP contribution in [0.25, 0.3) is 21.4 Å². The van der Waals surface area contributed by atoms with Crippen molar-refractivity contribution in [2.24, 2.45) is 0 Å². The van der Waals surface area contributed by atoms with Crippen LogP contribution in [0, 0.1) is 0 Å². The molecular formula is C17H18N6O4S. The number of nitrogens with zero attached hydrogens (tertiary/aromatic N) is 5. The average molecular weight is 402 g/mol. The minimum Gasteiger partial charge on any atom is -0.394 e. The first-order valence-electron chi connectivity index (χ1n) is 8.44. The smallest absolute Gasteiger partial charge is 0.167 e. The average Bonchev–Trinajstić information content (AvgIpc) is 3.42. The predicted molar refractivity (Wildman–Crippen MR) is 102 cm³/mol. The summed E-state index contributed by atoms with van der Waals surface area (Å²) in [4.78, 5) is 16.0. The highest BCUT2D eigenvalue weighted by Gasteiger charge is 2.43. The Bertz CT molecular complexity index is 1060. The van der Waals surface area contributed by atoms with Crippen molar-refractivity contribution in [1.82, 2.24) is 24.5 Å². The number of aromatic nitrogens is 5. The molecule has 0 bridgehead atoms. The maximum absolute atomic E-state index is 9.95. The summed E-state index contributed by atoms with van der Waals surface area (Å²) in [6, 6.07) is 8.13. The van der Waals surface area contributed by atoms with Gasteiger partial charge in [0.05, 0.1) is 28.7 Å². The molecule has 10 nitrogen and oxygen atoms in total. The zero-order chi connectivity index (χ0) is 19.7. The van der Waals surface area contributed by atoms with Crippen molar-refractivity contribution in [1.29, 1.82) is 0 Å². The number of hydrogen-bond acceptors (Lipinski definition) is 10. The number of aliphatic hydroxyl groups is 3. The van der Waals surface area contributed by atoms with E-state index in [1.807, 2.05) is 23.7 Å². The molecule has 1 aliphatic heterocycles. The lowest BCUT2D eigenvalue weighted by Crippen LogP contribution is -2.33. The lowest BCUT2D eigenvalue weighted by atomic mass is 10.1. The third-order valence-electron chi connectivity index (χ3n) is 4.42. The van der Waals surface area contributed by atoms with Crippen molar-refractivity contribution in [3.8, 4) is 0 Å². The molecule has 0 unspecified atom stereocenters. The Balaban J connectivity index is 0.000000177. The fourth-order valence-corrected chi connectivity index (χ4v) is 3.65. The van der Waals surface area contributed by atoms with Gasteiger partial charge in [0, 0.05) is 0 Å². The lowest BCUT2D eigenvalue weighted by molar-refractivity contribution is -0.0511. The fourth-order valence-electron chi connectivity index (χ4n) is 2.97. The zero-order valence-corrected chi connectivity index (χ0v) is 15.3. The summed E-state index contributed by atoms with van der Waals surface area (Å²) in [5.41, 5.74) is 9.41. The summed E-state index contributed by atoms with van der Waals surface area (Å²) in [5, 5.41) is 28.7. The summed E-state index contributed by atoms with van der Waals surface area (Å²) >= 11 is 1.68. The summed E-state index contributed by atoms with van der Waals surface area (Å²) in [6.07, 6.45) is -1.42. The van der Waals surface area contributed by atoms with Gasteiger partial charge < -0.3 is 25.8 Å². The van der Waals surface area contributed by atoms with E-state index in [1.54, 1.807) is 11.3 Å². The van der Waals surface area contributed by atoms with E-state index in [0.717, 1.165) is 5.52 Å². The Morgan fingerprint density at radius 2 is 1.93 bits per heavy atom. The van der Waals surface area contributed by atoms with E-state index in [0.29, 0.717) is 11.2 Å². The van der Waals surface area contributed by atoms with Crippen LogP contribution in [0.2, 0.25) is 0 Å². The number of nitrogens with two attached hydrogens (primary N) is 1. The molecule has 1 aromatic carbocycles. The third kappa shape index (κ3) is 3.30. The molecule has 0 saturated carbocycles. The van der Waals surface area contributed by atoms with Crippen molar-refractivity contribution in [3.05, 3.63) is 42.4 Å². The first-order chi connectivity index (χ1) is 13.6. The molecule has 0 spiro atoms. The summed E-state index contributed by atoms with van der Waals surface area (Å²) in [6.45, 7) is -0.390. The van der Waals surface area contributed by atoms with Crippen molar-refractivity contribution >= 4 is 38.5 Å². The molecule has 1 saturated heterocycles. The molecule has 0 amide bonds. The monoisotopic (exact) mass is 402 g/mol. The first-order valence-corrected chi connectivity index (χ1v) is 9.32. The topological polar surface area (TPSA) is 152 Å². The highest BCUT2D eigenvalue weighted by atomic mass is 32.1. The minimum absolute atomic E-state index is 0.218. The van der Waals surface area contributed by atoms with Gasteiger partial charge in [-0.15, -0.1) is 11.3 Å². The van der Waals surface area contributed by atoms with Gasteiger partial charge in [-0.2, -0.15) is 0 Å². The van der Waals surface area contributed by atoms with Gasteiger partial charge >= 0.3 is 0 Å². The second kappa shape index (κ2) is 7.73. The van der Waals surface area contributed by atoms with Crippen LogP contribution in [0.1, 0.15) is 6.23 Å². The second-order valence-electron chi connectivity index (χ2n) is 6.13. The van der Waals surface area contributed by atoms with E-state index >= 15 is 0 Å². The van der Waals surface area contributed by atoms with Gasteiger partial charge in [0.15, 0.2) is 17.7 Å². The molecule has 11 heteroatoms. The molecule has 4 heterocycles. The van der Waals surface area contributed by atoms with Crippen LogP contribution in [-0.2, 0) is 4.74 Å². The standard InChI is InChI=1S/C10H13N5O4.C7H5NS/c11-8-5-9(13-2-12-8)15(3-14-5)10-7(18)6(17)4(1-16)19-10;1-2-4-7-6(3-1)8-5-9-7/h2-4,6-7,10,16-18H,1H2,(H2,11,12,13);1-5H/t4-,6-,7-,10-;/m1./s1. The number of imidazole rings is 1. The Morgan fingerprint density at radius 3 is 2.68 bits per heavy atom. The van der Waals surface area contributed by atoms with Gasteiger partial charge in [0.2, 0.25) is 0 Å². The normalized spacial score (nSPS) is 24.4. The molecule has 5 N–H and O–H groups in total. The third-order valence-corrected chi connectivity index (χ3v) is 5.23. The van der Waals surface area contributed by atoms with Crippen molar-refractivity contribution < 1.29 is 20.1 Å². The van der Waals surface area contributed by atoms with Crippen LogP contribution >= 0.6 is 11.3 Å². The van der Waals surface area contributed by atoms with Gasteiger partial charge in [-0.05, 0) is 12.1 Å². The Kier molecular flexibility index (Phi) is 5.15. The molecule has 1 aliphatic rings. The number of aliphatic hydroxyl groups excluding tert-OH is 3. The Morgan fingerprint density at radius 1 is 1.11 bits per heavy atom. The van der Waals surface area contributed by atoms with Crippen LogP contribution in [0.3, 0.4) is 0 Å². The maximum Gasteiger partial charge on any atom is 0.167 e. The zero-order valence-electron chi connectivity index (χ0n) is 14.5. The van der Waals surface area contributed by atoms with Gasteiger partial charge in [0.1, 0.15) is 30.2 Å². The second-order valence-corrected chi connectivity index (χ2v) is 7.02. The molecule has 3 aromatic heterocycles. The number of anilines is 1. The number of ether oxygens (including phenoxy) is 1. The molecule has 0 aliphatic carbocycles. The number of hydrogen-bond donors (Lipinski definition) is 4. The van der Waals surface area contributed by atoms with Gasteiger partial charge in [-0.1, -0.05) is 12.1 Å². The Labute approximate surface area is 162 Å². The molecule has 4 atom stereocenters. The lowest BCUT2D eigenvalue weighted by Gasteiger charge is -2.16. The van der Waals surface area contributed by atoms with Crippen LogP contribution in [0.15, 0.2) is 42.4 Å². The molecule has 5 rings (SSSR count). The number of nitrogen functional groups attached to an aromatic ring is 1. The van der Waals surface area contributed by atoms with Crippen LogP contribution in [0.4, 0.5) is 5.82 Å². The quantitative estimate of drug-likeness (QED) is 0.371. The summed E-state index contributed by atoms with van der Waals surface area (Å²) in [5.74, 6) is 0.218. The minimum atomic E-state index is -1.19. The molecular weight excluding hydrogens is 384 g/mol. The van der Waals surface area contributed by atoms with Crippen molar-refractivity contribution in [2.45, 2.75) is 24.5 Å². The highest BCUT2D eigenvalue weighted by molar-refractivity contribution is 7.16. The van der Waals surface area contributed by atoms with E-state index in [4.69, 9.17) is 15.6 Å². The van der Waals surface area contributed by atoms with Crippen molar-refractivity contribution in [3.63, 3.8) is 0 Å². The summed E-state index contributed by atoms with van der Waals surface area (Å²) in [7, 11) is 0. The number of fused-ring (bicyclic) bond motifs is 2. The van der Waals surface area contributed by atoms with E-state index in [1.165, 1.54) is 21.9 Å². The van der Waals surface area contributed by atoms with E-state index in [-0.39, 0.29) is 5.82 Å². The molecule has 1 fully saturated rings. The summed E-state index contributed by atoms with van der Waals surface area (Å²) < 4.78 is 8.12. The van der Waals surface area contributed by atoms with E-state index in [2.05, 4.69) is 26.0 Å². The SMILES string of the molecule is Nc1ncnc2c1ncn2[C@@H]1O[C@H](CO)[C@@H](O)[C@H]1O.c1ccc2scnc2c1. The van der Waals surface area contributed by atoms with Crippen LogP contribution < -0.4 is 5.73 Å². The van der Waals surface area contributed by atoms with Gasteiger partial charge in [0.25, 0.3) is 0 Å². The predicted octanol–water partition coefficient (Wildman–Crippen LogP) is 0.316. The van der Waals surface area contributed by atoms with E-state index < -0.39 is 31.1 Å². The molecule has 4 aromatic rings. The number of thiazole rings is 1. The van der Waals surface area contributed by atoms with Gasteiger partial charge in [-0.25, -0.2) is 19.9 Å². The fraction of sp³-hybridized carbons (Fsp3) is 0.294. The molecule has 146 valence electrons. The van der Waals surface area contributed by atoms with Crippen LogP contribution in [0.5, 0.6) is 0 Å². The van der Waals surface area contributed by atoms with E-state index in [9.17, 15) is 10.2 Å². The Hall–Kier alpha value is -2.70. The highest BCUT2D eigenvalue weighted by Crippen LogP contribution is 2.31. The molecule has 28 heavy (non-hydrogen) atoms. The van der Waals surface area contributed by atoms with Crippen LogP contribution in [-0.4, -0.2) is 64.7 Å².